The molecule has 1 N–H and O–H groups in total. The molecule has 0 spiro atoms. The second-order valence-corrected chi connectivity index (χ2v) is 7.23. The van der Waals surface area contributed by atoms with Crippen molar-refractivity contribution in [3.8, 4) is 0 Å². The van der Waals surface area contributed by atoms with Crippen LogP contribution < -0.4 is 10.2 Å². The van der Waals surface area contributed by atoms with E-state index >= 15 is 0 Å². The van der Waals surface area contributed by atoms with Gasteiger partial charge in [-0.05, 0) is 38.8 Å². The molecule has 0 saturated carbocycles. The number of halogens is 3. The molecule has 1 saturated heterocycles. The maximum absolute atomic E-state index is 12.9. The summed E-state index contributed by atoms with van der Waals surface area (Å²) in [7, 11) is 0. The number of amides is 1. The van der Waals surface area contributed by atoms with Gasteiger partial charge in [-0.15, -0.1) is 5.10 Å². The zero-order chi connectivity index (χ0) is 21.5. The zero-order valence-corrected chi connectivity index (χ0v) is 16.5. The number of rotatable bonds is 4. The van der Waals surface area contributed by atoms with Crippen LogP contribution in [-0.2, 0) is 17.4 Å². The van der Waals surface area contributed by atoms with Crippen LogP contribution >= 0.6 is 0 Å². The zero-order valence-electron chi connectivity index (χ0n) is 16.5. The van der Waals surface area contributed by atoms with E-state index in [2.05, 4.69) is 30.3 Å². The Morgan fingerprint density at radius 1 is 1.17 bits per heavy atom. The van der Waals surface area contributed by atoms with Crippen molar-refractivity contribution in [3.05, 3.63) is 41.1 Å². The summed E-state index contributed by atoms with van der Waals surface area (Å²) in [6.45, 7) is 5.17. The summed E-state index contributed by atoms with van der Waals surface area (Å²) in [6.07, 6.45) is -0.837. The number of pyridine rings is 1. The Morgan fingerprint density at radius 3 is 2.53 bits per heavy atom. The molecule has 11 heteroatoms. The topological polar surface area (TPSA) is 88.3 Å². The van der Waals surface area contributed by atoms with Crippen molar-refractivity contribution < 1.29 is 18.0 Å². The summed E-state index contributed by atoms with van der Waals surface area (Å²) >= 11 is 0. The van der Waals surface area contributed by atoms with Crippen molar-refractivity contribution in [1.82, 2.24) is 24.6 Å². The average molecular weight is 419 g/mol. The smallest absolute Gasteiger partial charge is 0.357 e. The third-order valence-corrected chi connectivity index (χ3v) is 5.10. The molecule has 0 unspecified atom stereocenters. The van der Waals surface area contributed by atoms with E-state index in [0.717, 1.165) is 36.3 Å². The number of aryl methyl sites for hydroxylation is 2. The molecule has 1 aliphatic heterocycles. The fourth-order valence-electron chi connectivity index (χ4n) is 3.54. The normalized spacial score (nSPS) is 14.5. The molecule has 1 aliphatic rings. The summed E-state index contributed by atoms with van der Waals surface area (Å²) < 4.78 is 39.7. The van der Waals surface area contributed by atoms with Gasteiger partial charge < -0.3 is 10.2 Å². The van der Waals surface area contributed by atoms with Gasteiger partial charge in [-0.1, -0.05) is 0 Å². The molecule has 8 nitrogen and oxygen atoms in total. The highest BCUT2D eigenvalue weighted by atomic mass is 19.4. The minimum Gasteiger partial charge on any atom is -0.357 e. The molecule has 30 heavy (non-hydrogen) atoms. The number of alkyl halides is 3. The Balaban J connectivity index is 1.51. The predicted octanol–water partition coefficient (Wildman–Crippen LogP) is 2.94. The summed E-state index contributed by atoms with van der Waals surface area (Å²) in [5.41, 5.74) is 1.87. The molecule has 3 aromatic rings. The fourth-order valence-corrected chi connectivity index (χ4v) is 3.54. The summed E-state index contributed by atoms with van der Waals surface area (Å²) in [5, 5.41) is 6.26. The van der Waals surface area contributed by atoms with Gasteiger partial charge in [-0.25, -0.2) is 14.5 Å². The standard InChI is InChI=1S/C19H20F3N7O/c1-11-14(12(2)29-18(24-11)26-17(27-29)19(20,21)22)9-16(30)25-13-5-6-15(23-10-13)28-7-3-4-8-28/h5-6,10H,3-4,7-9H2,1-2H3,(H,25,30). The third-order valence-electron chi connectivity index (χ3n) is 5.10. The summed E-state index contributed by atoms with van der Waals surface area (Å²) in [4.78, 5) is 26.6. The van der Waals surface area contributed by atoms with E-state index in [-0.39, 0.29) is 18.1 Å². The van der Waals surface area contributed by atoms with Crippen LogP contribution in [0.15, 0.2) is 18.3 Å². The van der Waals surface area contributed by atoms with Crippen LogP contribution in [0, 0.1) is 13.8 Å². The van der Waals surface area contributed by atoms with Crippen LogP contribution in [0.1, 0.15) is 35.6 Å². The van der Waals surface area contributed by atoms with Gasteiger partial charge >= 0.3 is 6.18 Å². The number of carbonyl (C=O) groups is 1. The van der Waals surface area contributed by atoms with Crippen LogP contribution in [-0.4, -0.2) is 43.6 Å². The molecule has 4 rings (SSSR count). The quantitative estimate of drug-likeness (QED) is 0.700. The molecular formula is C19H20F3N7O. The van der Waals surface area contributed by atoms with Crippen LogP contribution in [0.2, 0.25) is 0 Å². The molecule has 4 heterocycles. The van der Waals surface area contributed by atoms with Crippen molar-refractivity contribution in [1.29, 1.82) is 0 Å². The second kappa shape index (κ2) is 7.54. The minimum atomic E-state index is -4.67. The van der Waals surface area contributed by atoms with Crippen LogP contribution in [0.4, 0.5) is 24.7 Å². The van der Waals surface area contributed by atoms with E-state index in [1.165, 1.54) is 0 Å². The first-order valence-corrected chi connectivity index (χ1v) is 9.53. The lowest BCUT2D eigenvalue weighted by Crippen LogP contribution is -2.20. The monoisotopic (exact) mass is 419 g/mol. The SMILES string of the molecule is Cc1nc2nc(C(F)(F)F)nn2c(C)c1CC(=O)Nc1ccc(N2CCCC2)nc1. The first-order valence-electron chi connectivity index (χ1n) is 9.53. The van der Waals surface area contributed by atoms with E-state index in [0.29, 0.717) is 22.6 Å². The summed E-state index contributed by atoms with van der Waals surface area (Å²) in [6, 6.07) is 3.64. The molecule has 0 radical (unpaired) electrons. The van der Waals surface area contributed by atoms with Crippen molar-refractivity contribution >= 4 is 23.2 Å². The highest BCUT2D eigenvalue weighted by Crippen LogP contribution is 2.27. The van der Waals surface area contributed by atoms with Gasteiger partial charge in [0.1, 0.15) is 5.82 Å². The van der Waals surface area contributed by atoms with Crippen molar-refractivity contribution in [2.45, 2.75) is 39.3 Å². The lowest BCUT2D eigenvalue weighted by Gasteiger charge is -2.16. The Labute approximate surface area is 170 Å². The van der Waals surface area contributed by atoms with Crippen LogP contribution in [0.5, 0.6) is 0 Å². The third kappa shape index (κ3) is 3.91. The maximum Gasteiger partial charge on any atom is 0.453 e. The first-order chi connectivity index (χ1) is 14.2. The molecule has 1 fully saturated rings. The number of aromatic nitrogens is 5. The molecular weight excluding hydrogens is 399 g/mol. The largest absolute Gasteiger partial charge is 0.453 e. The van der Waals surface area contributed by atoms with Gasteiger partial charge in [-0.3, -0.25) is 4.79 Å². The first kappa shape index (κ1) is 20.0. The molecule has 0 aliphatic carbocycles. The molecule has 158 valence electrons. The average Bonchev–Trinajstić information content (AvgIpc) is 3.35. The Morgan fingerprint density at radius 2 is 1.90 bits per heavy atom. The maximum atomic E-state index is 12.9. The van der Waals surface area contributed by atoms with Crippen molar-refractivity contribution in [2.24, 2.45) is 0 Å². The molecule has 0 bridgehead atoms. The number of nitrogens with one attached hydrogen (secondary N) is 1. The number of hydrogen-bond donors (Lipinski definition) is 1. The second-order valence-electron chi connectivity index (χ2n) is 7.23. The lowest BCUT2D eigenvalue weighted by atomic mass is 10.1. The van der Waals surface area contributed by atoms with Crippen molar-refractivity contribution in [2.75, 3.05) is 23.3 Å². The van der Waals surface area contributed by atoms with E-state index in [9.17, 15) is 18.0 Å². The molecule has 1 amide bonds. The van der Waals surface area contributed by atoms with Gasteiger partial charge in [-0.2, -0.15) is 18.2 Å². The predicted molar refractivity (Wildman–Crippen MR) is 103 cm³/mol. The van der Waals surface area contributed by atoms with E-state index in [1.807, 2.05) is 6.07 Å². The van der Waals surface area contributed by atoms with Crippen LogP contribution in [0.25, 0.3) is 5.78 Å². The summed E-state index contributed by atoms with van der Waals surface area (Å²) in [5.74, 6) is -0.862. The van der Waals surface area contributed by atoms with Gasteiger partial charge in [0.25, 0.3) is 11.6 Å². The Kier molecular flexibility index (Phi) is 5.04. The lowest BCUT2D eigenvalue weighted by molar-refractivity contribution is -0.144. The number of anilines is 2. The molecule has 0 atom stereocenters. The highest BCUT2D eigenvalue weighted by Gasteiger charge is 2.37. The number of carbonyl (C=O) groups excluding carboxylic acids is 1. The molecule has 0 aromatic carbocycles. The number of nitrogens with zero attached hydrogens (tertiary/aromatic N) is 6. The minimum absolute atomic E-state index is 0.0598. The van der Waals surface area contributed by atoms with Crippen LogP contribution in [0.3, 0.4) is 0 Å². The molecule has 3 aromatic heterocycles. The van der Waals surface area contributed by atoms with Gasteiger partial charge in [0.2, 0.25) is 5.91 Å². The Bertz CT molecular complexity index is 1090. The Hall–Kier alpha value is -3.24. The van der Waals surface area contributed by atoms with Crippen molar-refractivity contribution in [3.63, 3.8) is 0 Å². The highest BCUT2D eigenvalue weighted by molar-refractivity contribution is 5.92. The number of hydrogen-bond acceptors (Lipinski definition) is 6. The number of fused-ring (bicyclic) bond motifs is 1. The van der Waals surface area contributed by atoms with E-state index in [4.69, 9.17) is 0 Å². The van der Waals surface area contributed by atoms with Gasteiger partial charge in [0.15, 0.2) is 0 Å². The van der Waals surface area contributed by atoms with Gasteiger partial charge in [0.05, 0.1) is 18.3 Å². The fraction of sp³-hybridized carbons (Fsp3) is 0.421. The van der Waals surface area contributed by atoms with E-state index in [1.54, 1.807) is 26.1 Å². The van der Waals surface area contributed by atoms with Gasteiger partial charge in [0, 0.05) is 30.0 Å². The van der Waals surface area contributed by atoms with E-state index < -0.39 is 12.0 Å².